The molecular formula is C22H26F3N7O2. The zero-order valence-corrected chi connectivity index (χ0v) is 18.4. The van der Waals surface area contributed by atoms with E-state index in [1.54, 1.807) is 11.1 Å². The summed E-state index contributed by atoms with van der Waals surface area (Å²) in [7, 11) is 0. The Labute approximate surface area is 194 Å². The van der Waals surface area contributed by atoms with E-state index in [1.807, 2.05) is 0 Å². The molecule has 3 N–H and O–H groups in total. The summed E-state index contributed by atoms with van der Waals surface area (Å²) in [4.78, 5) is 34.1. The highest BCUT2D eigenvalue weighted by Crippen LogP contribution is 2.26. The second kappa shape index (κ2) is 12.1. The van der Waals surface area contributed by atoms with Crippen LogP contribution in [0.4, 0.5) is 19.0 Å². The van der Waals surface area contributed by atoms with Gasteiger partial charge in [-0.3, -0.25) is 9.59 Å². The number of amides is 2. The van der Waals surface area contributed by atoms with Gasteiger partial charge in [0.25, 0.3) is 5.91 Å². The van der Waals surface area contributed by atoms with Gasteiger partial charge >= 0.3 is 0 Å². The van der Waals surface area contributed by atoms with Crippen LogP contribution < -0.4 is 16.0 Å². The molecule has 0 bridgehead atoms. The molecule has 2 aliphatic rings. The van der Waals surface area contributed by atoms with E-state index >= 15 is 0 Å². The molecule has 2 atom stereocenters. The number of nitrogens with two attached hydrogens (primary N) is 1. The summed E-state index contributed by atoms with van der Waals surface area (Å²) in [6.07, 6.45) is 2.69. The van der Waals surface area contributed by atoms with E-state index in [-0.39, 0.29) is 24.1 Å². The Kier molecular flexibility index (Phi) is 8.91. The van der Waals surface area contributed by atoms with Crippen LogP contribution in [0.3, 0.4) is 0 Å². The van der Waals surface area contributed by atoms with Gasteiger partial charge < -0.3 is 16.0 Å². The Morgan fingerprint density at radius 3 is 2.50 bits per heavy atom. The minimum atomic E-state index is -1.32. The molecule has 2 aromatic rings. The highest BCUT2D eigenvalue weighted by molar-refractivity contribution is 5.92. The molecule has 0 aliphatic carbocycles. The van der Waals surface area contributed by atoms with E-state index in [0.717, 1.165) is 6.07 Å². The van der Waals surface area contributed by atoms with Crippen molar-refractivity contribution in [3.05, 3.63) is 54.0 Å². The Hall–Kier alpha value is -3.54. The number of carbonyl (C=O) groups excluding carboxylic acids is 2. The lowest BCUT2D eigenvalue weighted by atomic mass is 9.93. The third kappa shape index (κ3) is 6.73. The summed E-state index contributed by atoms with van der Waals surface area (Å²) in [6, 6.07) is 6.07. The molecule has 34 heavy (non-hydrogen) atoms. The van der Waals surface area contributed by atoms with Crippen molar-refractivity contribution in [1.82, 2.24) is 20.3 Å². The average molecular weight is 477 g/mol. The van der Waals surface area contributed by atoms with Gasteiger partial charge in [-0.05, 0) is 18.6 Å². The van der Waals surface area contributed by atoms with Gasteiger partial charge in [0.2, 0.25) is 5.91 Å². The van der Waals surface area contributed by atoms with Crippen LogP contribution in [0.15, 0.2) is 41.8 Å². The first-order valence-electron chi connectivity index (χ1n) is 10.8. The molecule has 12 heteroatoms. The van der Waals surface area contributed by atoms with E-state index in [1.165, 1.54) is 35.6 Å². The topological polar surface area (TPSA) is 117 Å². The van der Waals surface area contributed by atoms with E-state index in [9.17, 15) is 22.8 Å². The fourth-order valence-corrected chi connectivity index (χ4v) is 3.52. The number of anilines is 1. The van der Waals surface area contributed by atoms with Crippen molar-refractivity contribution in [2.24, 2.45) is 16.8 Å². The van der Waals surface area contributed by atoms with E-state index in [0.29, 0.717) is 44.8 Å². The predicted octanol–water partition coefficient (Wildman–Crippen LogP) is 1.51. The number of rotatable bonds is 5. The number of piperidine rings is 1. The quantitative estimate of drug-likeness (QED) is 0.675. The third-order valence-corrected chi connectivity index (χ3v) is 5.23. The summed E-state index contributed by atoms with van der Waals surface area (Å²) in [5.74, 6) is -1.93. The van der Waals surface area contributed by atoms with Crippen LogP contribution in [0.25, 0.3) is 0 Å². The second-order valence-corrected chi connectivity index (χ2v) is 7.65. The molecule has 2 unspecified atom stereocenters. The lowest BCUT2D eigenvalue weighted by molar-refractivity contribution is -0.137. The normalized spacial score (nSPS) is 19.4. The molecule has 2 aliphatic heterocycles. The highest BCUT2D eigenvalue weighted by atomic mass is 19.1. The SMILES string of the molecule is Fc1cccc(F)c1.NCCNC(=O)c1cc(N2CCC(C(=O)N3CCC=N3)C(F)C2)ncn1. The first-order valence-corrected chi connectivity index (χ1v) is 10.8. The number of halogens is 3. The van der Waals surface area contributed by atoms with Gasteiger partial charge in [-0.15, -0.1) is 0 Å². The second-order valence-electron chi connectivity index (χ2n) is 7.65. The van der Waals surface area contributed by atoms with Crippen LogP contribution in [0.1, 0.15) is 23.3 Å². The molecule has 3 heterocycles. The van der Waals surface area contributed by atoms with Crippen molar-refractivity contribution < 1.29 is 22.8 Å². The molecule has 182 valence electrons. The zero-order valence-electron chi connectivity index (χ0n) is 18.4. The number of hydrazone groups is 1. The number of hydrogen-bond acceptors (Lipinski definition) is 7. The Morgan fingerprint density at radius 2 is 1.91 bits per heavy atom. The van der Waals surface area contributed by atoms with Crippen LogP contribution in [-0.2, 0) is 4.79 Å². The van der Waals surface area contributed by atoms with Crippen molar-refractivity contribution >= 4 is 23.8 Å². The van der Waals surface area contributed by atoms with Crippen LogP contribution in [-0.4, -0.2) is 71.9 Å². The highest BCUT2D eigenvalue weighted by Gasteiger charge is 2.37. The fraction of sp³-hybridized carbons (Fsp3) is 0.409. The van der Waals surface area contributed by atoms with Gasteiger partial charge in [-0.1, -0.05) is 6.07 Å². The van der Waals surface area contributed by atoms with Crippen molar-refractivity contribution in [2.75, 3.05) is 37.6 Å². The Morgan fingerprint density at radius 1 is 1.15 bits per heavy atom. The van der Waals surface area contributed by atoms with Crippen molar-refractivity contribution in [2.45, 2.75) is 19.0 Å². The Bertz CT molecular complexity index is 1010. The molecule has 9 nitrogen and oxygen atoms in total. The van der Waals surface area contributed by atoms with Gasteiger partial charge in [-0.2, -0.15) is 5.10 Å². The summed E-state index contributed by atoms with van der Waals surface area (Å²) < 4.78 is 38.5. The minimum absolute atomic E-state index is 0.0365. The molecule has 1 saturated heterocycles. The minimum Gasteiger partial charge on any atom is -0.354 e. The van der Waals surface area contributed by atoms with Gasteiger partial charge in [0.05, 0.1) is 12.5 Å². The largest absolute Gasteiger partial charge is 0.354 e. The smallest absolute Gasteiger partial charge is 0.270 e. The van der Waals surface area contributed by atoms with E-state index in [2.05, 4.69) is 20.4 Å². The summed E-state index contributed by atoms with van der Waals surface area (Å²) in [5, 5.41) is 7.96. The van der Waals surface area contributed by atoms with Gasteiger partial charge in [0, 0.05) is 50.9 Å². The number of carbonyl (C=O) groups is 2. The molecule has 4 rings (SSSR count). The lowest BCUT2D eigenvalue weighted by Crippen LogP contribution is -2.48. The molecule has 2 amide bonds. The lowest BCUT2D eigenvalue weighted by Gasteiger charge is -2.35. The summed E-state index contributed by atoms with van der Waals surface area (Å²) >= 11 is 0. The van der Waals surface area contributed by atoms with Gasteiger partial charge in [0.15, 0.2) is 0 Å². The monoisotopic (exact) mass is 477 g/mol. The molecule has 1 aromatic carbocycles. The van der Waals surface area contributed by atoms with Crippen LogP contribution in [0, 0.1) is 17.6 Å². The standard InChI is InChI=1S/C16H22FN7O2.C6H4F2/c17-12-9-23(7-2-11(12)16(26)24-6-1-4-22-24)14-8-13(20-10-21-14)15(25)19-5-3-18;7-5-2-1-3-6(8)4-5/h4,8,10-12H,1-3,5-7,9,18H2,(H,19,25);1-4H. The van der Waals surface area contributed by atoms with Crippen LogP contribution in [0.2, 0.25) is 0 Å². The number of aromatic nitrogens is 2. The molecule has 1 aromatic heterocycles. The summed E-state index contributed by atoms with van der Waals surface area (Å²) in [6.45, 7) is 1.69. The van der Waals surface area contributed by atoms with Crippen LogP contribution in [0.5, 0.6) is 0 Å². The zero-order chi connectivity index (χ0) is 24.5. The maximum Gasteiger partial charge on any atom is 0.270 e. The molecule has 0 spiro atoms. The molecular weight excluding hydrogens is 451 g/mol. The molecule has 0 radical (unpaired) electrons. The maximum absolute atomic E-state index is 14.6. The number of nitrogens with zero attached hydrogens (tertiary/aromatic N) is 5. The maximum atomic E-state index is 14.6. The first-order chi connectivity index (χ1) is 16.4. The van der Waals surface area contributed by atoms with E-state index < -0.39 is 23.7 Å². The Balaban J connectivity index is 0.000000343. The average Bonchev–Trinajstić information content (AvgIpc) is 3.37. The van der Waals surface area contributed by atoms with E-state index in [4.69, 9.17) is 5.73 Å². The fourth-order valence-electron chi connectivity index (χ4n) is 3.52. The predicted molar refractivity (Wildman–Crippen MR) is 120 cm³/mol. The summed E-state index contributed by atoms with van der Waals surface area (Å²) in [5.41, 5.74) is 5.56. The first kappa shape index (κ1) is 25.1. The van der Waals surface area contributed by atoms with Crippen molar-refractivity contribution in [3.63, 3.8) is 0 Å². The van der Waals surface area contributed by atoms with Gasteiger partial charge in [-0.25, -0.2) is 28.1 Å². The van der Waals surface area contributed by atoms with Gasteiger partial charge in [0.1, 0.15) is 35.6 Å². The molecule has 1 fully saturated rings. The van der Waals surface area contributed by atoms with Crippen molar-refractivity contribution in [1.29, 1.82) is 0 Å². The number of nitrogens with one attached hydrogen (secondary N) is 1. The van der Waals surface area contributed by atoms with Crippen molar-refractivity contribution in [3.8, 4) is 0 Å². The number of hydrogen-bond donors (Lipinski definition) is 2. The number of alkyl halides is 1. The third-order valence-electron chi connectivity index (χ3n) is 5.23. The van der Waals surface area contributed by atoms with Crippen LogP contribution >= 0.6 is 0 Å². The number of benzene rings is 1. The molecule has 0 saturated carbocycles.